The van der Waals surface area contributed by atoms with Crippen LogP contribution in [0.25, 0.3) is 0 Å². The molecule has 3 heteroatoms. The summed E-state index contributed by atoms with van der Waals surface area (Å²) in [5.74, 6) is -0.649. The Hall–Kier alpha value is -0.570. The van der Waals surface area contributed by atoms with E-state index in [4.69, 9.17) is 11.0 Å². The predicted octanol–water partition coefficient (Wildman–Crippen LogP) is 2.16. The number of aromatic nitrogens is 1. The number of aryl methyl sites for hydroxylation is 1. The number of hydrogen-bond donors (Lipinski definition) is 0. The van der Waals surface area contributed by atoms with Crippen molar-refractivity contribution in [1.82, 2.24) is 4.98 Å². The SMILES string of the molecule is [2H]c1c(OC([2H])([2H])[2H])nc(C([2H])([2H])[2H])c([2H])c1Br. The van der Waals surface area contributed by atoms with Crippen molar-refractivity contribution in [2.45, 2.75) is 6.85 Å². The van der Waals surface area contributed by atoms with Crippen LogP contribution >= 0.6 is 15.9 Å². The van der Waals surface area contributed by atoms with Gasteiger partial charge in [0.1, 0.15) is 0 Å². The molecule has 0 bridgehead atoms. The van der Waals surface area contributed by atoms with Crippen molar-refractivity contribution in [3.63, 3.8) is 0 Å². The molecule has 0 atom stereocenters. The predicted molar refractivity (Wildman–Crippen MR) is 43.2 cm³/mol. The van der Waals surface area contributed by atoms with Gasteiger partial charge < -0.3 is 4.74 Å². The zero-order chi connectivity index (χ0) is 14.3. The molecule has 0 unspecified atom stereocenters. The van der Waals surface area contributed by atoms with Gasteiger partial charge in [0.15, 0.2) is 0 Å². The highest BCUT2D eigenvalue weighted by atomic mass is 79.9. The second kappa shape index (κ2) is 3.01. The lowest BCUT2D eigenvalue weighted by Gasteiger charge is -1.99. The lowest BCUT2D eigenvalue weighted by molar-refractivity contribution is 0.396. The topological polar surface area (TPSA) is 22.1 Å². The molecule has 2 nitrogen and oxygen atoms in total. The van der Waals surface area contributed by atoms with Gasteiger partial charge in [-0.25, -0.2) is 4.98 Å². The molecule has 0 aromatic carbocycles. The van der Waals surface area contributed by atoms with Gasteiger partial charge in [0.2, 0.25) is 5.88 Å². The van der Waals surface area contributed by atoms with Crippen LogP contribution in [0.15, 0.2) is 16.6 Å². The van der Waals surface area contributed by atoms with Crippen molar-refractivity contribution in [3.05, 3.63) is 22.3 Å². The van der Waals surface area contributed by atoms with Crippen LogP contribution in [-0.4, -0.2) is 12.0 Å². The van der Waals surface area contributed by atoms with E-state index in [1.54, 1.807) is 0 Å². The molecule has 1 rings (SSSR count). The minimum Gasteiger partial charge on any atom is -0.481 e. The summed E-state index contributed by atoms with van der Waals surface area (Å²) in [5.41, 5.74) is -0.621. The van der Waals surface area contributed by atoms with Crippen LogP contribution in [0.3, 0.4) is 0 Å². The van der Waals surface area contributed by atoms with E-state index in [0.717, 1.165) is 0 Å². The van der Waals surface area contributed by atoms with Gasteiger partial charge in [0.25, 0.3) is 0 Å². The summed E-state index contributed by atoms with van der Waals surface area (Å²) in [5, 5.41) is 0. The van der Waals surface area contributed by atoms with E-state index in [9.17, 15) is 0 Å². The second-order valence-corrected chi connectivity index (χ2v) is 2.22. The first kappa shape index (κ1) is 2.21. The summed E-state index contributed by atoms with van der Waals surface area (Å²) in [6.45, 7) is -2.69. The number of rotatable bonds is 1. The Morgan fingerprint density at radius 1 is 1.80 bits per heavy atom. The average Bonchev–Trinajstić information content (AvgIpc) is 2.15. The standard InChI is InChI=1S/C7H8BrNO/c1-5-3-6(8)4-7(9-5)10-2/h3-4H,1-2H3/i1D3,2D3,3D,4D. The summed E-state index contributed by atoms with van der Waals surface area (Å²) in [7, 11) is -2.85. The summed E-state index contributed by atoms with van der Waals surface area (Å²) in [4.78, 5) is 3.44. The largest absolute Gasteiger partial charge is 0.481 e. The molecule has 0 saturated carbocycles. The first-order valence-electron chi connectivity index (χ1n) is 6.29. The van der Waals surface area contributed by atoms with E-state index in [1.807, 2.05) is 0 Å². The van der Waals surface area contributed by atoms with E-state index in [-0.39, 0.29) is 4.47 Å². The maximum absolute atomic E-state index is 7.53. The Morgan fingerprint density at radius 3 is 3.40 bits per heavy atom. The van der Waals surface area contributed by atoms with Crippen LogP contribution in [0, 0.1) is 6.85 Å². The quantitative estimate of drug-likeness (QED) is 0.708. The van der Waals surface area contributed by atoms with Gasteiger partial charge in [-0.2, -0.15) is 0 Å². The highest BCUT2D eigenvalue weighted by molar-refractivity contribution is 9.10. The fraction of sp³-hybridized carbons (Fsp3) is 0.286. The Morgan fingerprint density at radius 2 is 2.70 bits per heavy atom. The van der Waals surface area contributed by atoms with E-state index in [2.05, 4.69) is 25.7 Å². The molecule has 0 saturated heterocycles. The Bertz CT molecular complexity index is 468. The highest BCUT2D eigenvalue weighted by Crippen LogP contribution is 2.16. The number of nitrogens with zero attached hydrogens (tertiary/aromatic N) is 1. The molecule has 0 spiro atoms. The molecule has 10 heavy (non-hydrogen) atoms. The normalized spacial score (nSPS) is 23.7. The van der Waals surface area contributed by atoms with E-state index in [0.29, 0.717) is 0 Å². The number of hydrogen-bond acceptors (Lipinski definition) is 2. The minimum absolute atomic E-state index is 0.178. The molecule has 0 aliphatic heterocycles. The zero-order valence-electron chi connectivity index (χ0n) is 12.7. The van der Waals surface area contributed by atoms with E-state index >= 15 is 0 Å². The Balaban J connectivity index is 3.42. The van der Waals surface area contributed by atoms with Gasteiger partial charge >= 0.3 is 0 Å². The fourth-order valence-corrected chi connectivity index (χ4v) is 0.792. The summed E-state index contributed by atoms with van der Waals surface area (Å²) >= 11 is 2.85. The fourth-order valence-electron chi connectivity index (χ4n) is 0.435. The zero-order valence-corrected chi connectivity index (χ0v) is 6.32. The lowest BCUT2D eigenvalue weighted by atomic mass is 10.4. The number of halogens is 1. The summed E-state index contributed by atoms with van der Waals surface area (Å²) < 4.78 is 61.6. The third-order valence-electron chi connectivity index (χ3n) is 0.755. The maximum atomic E-state index is 7.53. The van der Waals surface area contributed by atoms with Crippen LogP contribution in [0.1, 0.15) is 16.7 Å². The van der Waals surface area contributed by atoms with Crippen LogP contribution in [0.5, 0.6) is 5.88 Å². The smallest absolute Gasteiger partial charge is 0.214 e. The van der Waals surface area contributed by atoms with Gasteiger partial charge in [-0.3, -0.25) is 0 Å². The van der Waals surface area contributed by atoms with Crippen LogP contribution < -0.4 is 4.74 Å². The first-order valence-corrected chi connectivity index (χ1v) is 3.09. The number of pyridine rings is 1. The van der Waals surface area contributed by atoms with Crippen LogP contribution in [0.4, 0.5) is 0 Å². The molecule has 1 heterocycles. The van der Waals surface area contributed by atoms with Crippen LogP contribution in [-0.2, 0) is 0 Å². The van der Waals surface area contributed by atoms with Gasteiger partial charge in [0.05, 0.1) is 13.9 Å². The Kier molecular flexibility index (Phi) is 0.664. The van der Waals surface area contributed by atoms with Crippen molar-refractivity contribution >= 4 is 15.9 Å². The molecule has 0 aliphatic carbocycles. The molecule has 1 aromatic rings. The van der Waals surface area contributed by atoms with Crippen molar-refractivity contribution in [2.24, 2.45) is 0 Å². The number of ether oxygens (including phenoxy) is 1. The second-order valence-electron chi connectivity index (χ2n) is 1.43. The minimum atomic E-state index is -2.85. The molecule has 0 radical (unpaired) electrons. The molecule has 0 aliphatic rings. The summed E-state index contributed by atoms with van der Waals surface area (Å²) in [6.07, 6.45) is 0. The van der Waals surface area contributed by atoms with Crippen LogP contribution in [0.2, 0.25) is 0 Å². The molecule has 1 aromatic heterocycles. The molecule has 0 amide bonds. The third-order valence-corrected chi connectivity index (χ3v) is 1.15. The van der Waals surface area contributed by atoms with E-state index < -0.39 is 37.5 Å². The van der Waals surface area contributed by atoms with Crippen molar-refractivity contribution in [3.8, 4) is 5.88 Å². The third kappa shape index (κ3) is 1.70. The molecule has 0 N–H and O–H groups in total. The van der Waals surface area contributed by atoms with Crippen molar-refractivity contribution in [1.29, 1.82) is 0 Å². The molecule has 0 fully saturated rings. The molecular weight excluding hydrogens is 194 g/mol. The summed E-state index contributed by atoms with van der Waals surface area (Å²) in [6, 6.07) is -0.970. The average molecular weight is 210 g/mol. The Labute approximate surface area is 79.6 Å². The van der Waals surface area contributed by atoms with Crippen molar-refractivity contribution < 1.29 is 15.7 Å². The van der Waals surface area contributed by atoms with Gasteiger partial charge in [-0.05, 0) is 12.9 Å². The highest BCUT2D eigenvalue weighted by Gasteiger charge is 1.95. The first-order chi connectivity index (χ1) is 7.93. The van der Waals surface area contributed by atoms with Crippen molar-refractivity contribution in [2.75, 3.05) is 7.04 Å². The molecular formula is C7H8BrNO. The maximum Gasteiger partial charge on any atom is 0.214 e. The lowest BCUT2D eigenvalue weighted by Crippen LogP contribution is -1.88. The van der Waals surface area contributed by atoms with Gasteiger partial charge in [-0.15, -0.1) is 0 Å². The number of methoxy groups -OCH3 is 1. The monoisotopic (exact) mass is 209 g/mol. The molecule has 54 valence electrons. The van der Waals surface area contributed by atoms with Gasteiger partial charge in [0, 0.05) is 20.3 Å². The van der Waals surface area contributed by atoms with E-state index in [1.165, 1.54) is 0 Å². The van der Waals surface area contributed by atoms with Gasteiger partial charge in [-0.1, -0.05) is 15.9 Å².